The number of hydrogen-bond donors (Lipinski definition) is 0. The van der Waals surface area contributed by atoms with Crippen LogP contribution in [0, 0.1) is 13.8 Å². The molecule has 0 aliphatic carbocycles. The Hall–Kier alpha value is -2.32. The van der Waals surface area contributed by atoms with Crippen LogP contribution in [0.5, 0.6) is 0 Å². The van der Waals surface area contributed by atoms with Crippen LogP contribution >= 0.6 is 0 Å². The number of rotatable bonds is 3. The van der Waals surface area contributed by atoms with Crippen molar-refractivity contribution in [1.29, 1.82) is 0 Å². The molecule has 1 amide bonds. The van der Waals surface area contributed by atoms with Crippen LogP contribution in [0.15, 0.2) is 16.7 Å². The predicted molar refractivity (Wildman–Crippen MR) is 76.9 cm³/mol. The molecule has 2 aromatic rings. The smallest absolute Gasteiger partial charge is 0.361 e. The van der Waals surface area contributed by atoms with Gasteiger partial charge in [-0.1, -0.05) is 5.16 Å². The first-order valence-corrected chi connectivity index (χ1v) is 7.60. The molecule has 9 heteroatoms. The molecule has 1 atom stereocenters. The lowest BCUT2D eigenvalue weighted by Crippen LogP contribution is -2.34. The maximum atomic E-state index is 12.7. The highest BCUT2D eigenvalue weighted by Crippen LogP contribution is 2.32. The number of halogens is 3. The van der Waals surface area contributed by atoms with E-state index in [4.69, 9.17) is 4.52 Å². The molecule has 1 aliphatic rings. The maximum Gasteiger partial charge on any atom is 0.435 e. The largest absolute Gasteiger partial charge is 0.435 e. The number of carbonyl (C=O) groups excluding carboxylic acids is 1. The van der Waals surface area contributed by atoms with Crippen LogP contribution in [-0.2, 0) is 17.5 Å². The highest BCUT2D eigenvalue weighted by atomic mass is 19.4. The average Bonchev–Trinajstić information content (AvgIpc) is 3.18. The highest BCUT2D eigenvalue weighted by molar-refractivity contribution is 5.76. The number of carbonyl (C=O) groups is 1. The van der Waals surface area contributed by atoms with E-state index in [0.717, 1.165) is 23.6 Å². The number of alkyl halides is 3. The van der Waals surface area contributed by atoms with Gasteiger partial charge in [0, 0.05) is 18.3 Å². The third kappa shape index (κ3) is 3.15. The van der Waals surface area contributed by atoms with Crippen LogP contribution in [-0.4, -0.2) is 32.3 Å². The van der Waals surface area contributed by atoms with Gasteiger partial charge < -0.3 is 9.42 Å². The summed E-state index contributed by atoms with van der Waals surface area (Å²) in [7, 11) is 0. The van der Waals surface area contributed by atoms with Crippen LogP contribution in [0.3, 0.4) is 0 Å². The van der Waals surface area contributed by atoms with Gasteiger partial charge in [-0.3, -0.25) is 9.48 Å². The zero-order valence-corrected chi connectivity index (χ0v) is 13.3. The number of likely N-dealkylation sites (tertiary alicyclic amines) is 1. The van der Waals surface area contributed by atoms with E-state index in [1.807, 2.05) is 0 Å². The second-order valence-electron chi connectivity index (χ2n) is 5.93. The molecule has 1 saturated heterocycles. The van der Waals surface area contributed by atoms with E-state index < -0.39 is 11.9 Å². The standard InChI is InChI=1S/C15H17F3N4O2/c1-9-6-13(15(16,17)18)19-22(9)8-14(23)21-5-3-4-12(21)11-7-10(2)24-20-11/h6-7,12H,3-5,8H2,1-2H3/t12-/m1/s1. The number of aryl methyl sites for hydroxylation is 2. The minimum absolute atomic E-state index is 0.201. The lowest BCUT2D eigenvalue weighted by molar-refractivity contribution is -0.142. The highest BCUT2D eigenvalue weighted by Gasteiger charge is 2.36. The predicted octanol–water partition coefficient (Wildman–Crippen LogP) is 2.87. The van der Waals surface area contributed by atoms with Crippen LogP contribution < -0.4 is 0 Å². The first-order valence-electron chi connectivity index (χ1n) is 7.60. The molecular formula is C15H17F3N4O2. The summed E-state index contributed by atoms with van der Waals surface area (Å²) >= 11 is 0. The van der Waals surface area contributed by atoms with E-state index in [2.05, 4.69) is 10.3 Å². The third-order valence-corrected chi connectivity index (χ3v) is 4.12. The summed E-state index contributed by atoms with van der Waals surface area (Å²) < 4.78 is 44.3. The molecule has 3 heterocycles. The number of hydrogen-bond acceptors (Lipinski definition) is 4. The van der Waals surface area contributed by atoms with Crippen LogP contribution in [0.1, 0.15) is 41.7 Å². The topological polar surface area (TPSA) is 64.2 Å². The zero-order chi connectivity index (χ0) is 17.5. The number of amides is 1. The van der Waals surface area contributed by atoms with Gasteiger partial charge in [-0.15, -0.1) is 0 Å². The molecule has 0 radical (unpaired) electrons. The normalized spacial score (nSPS) is 18.4. The molecule has 3 rings (SSSR count). The third-order valence-electron chi connectivity index (χ3n) is 4.12. The van der Waals surface area contributed by atoms with Crippen molar-refractivity contribution in [3.63, 3.8) is 0 Å². The summed E-state index contributed by atoms with van der Waals surface area (Å²) in [4.78, 5) is 14.2. The van der Waals surface area contributed by atoms with Crippen molar-refractivity contribution in [3.8, 4) is 0 Å². The van der Waals surface area contributed by atoms with E-state index >= 15 is 0 Å². The Morgan fingerprint density at radius 3 is 2.71 bits per heavy atom. The Labute approximate surface area is 136 Å². The molecule has 24 heavy (non-hydrogen) atoms. The van der Waals surface area contributed by atoms with E-state index in [1.165, 1.54) is 6.92 Å². The van der Waals surface area contributed by atoms with Gasteiger partial charge in [0.15, 0.2) is 5.69 Å². The van der Waals surface area contributed by atoms with Gasteiger partial charge in [0.05, 0.1) is 6.04 Å². The first-order chi connectivity index (χ1) is 11.3. The second kappa shape index (κ2) is 5.95. The minimum atomic E-state index is -4.52. The Bertz CT molecular complexity index is 750. The van der Waals surface area contributed by atoms with Crippen molar-refractivity contribution in [3.05, 3.63) is 35.0 Å². The number of nitrogens with zero attached hydrogens (tertiary/aromatic N) is 4. The van der Waals surface area contributed by atoms with Crippen molar-refractivity contribution in [1.82, 2.24) is 19.8 Å². The summed E-state index contributed by atoms with van der Waals surface area (Å²) in [5.41, 5.74) is -0.0203. The van der Waals surface area contributed by atoms with Crippen molar-refractivity contribution in [2.75, 3.05) is 6.54 Å². The Morgan fingerprint density at radius 1 is 1.38 bits per heavy atom. The van der Waals surface area contributed by atoms with E-state index in [9.17, 15) is 18.0 Å². The average molecular weight is 342 g/mol. The van der Waals surface area contributed by atoms with Gasteiger partial charge in [-0.2, -0.15) is 18.3 Å². The van der Waals surface area contributed by atoms with Gasteiger partial charge >= 0.3 is 6.18 Å². The van der Waals surface area contributed by atoms with Crippen molar-refractivity contribution >= 4 is 5.91 Å². The molecule has 0 bridgehead atoms. The second-order valence-corrected chi connectivity index (χ2v) is 5.93. The van der Waals surface area contributed by atoms with Crippen molar-refractivity contribution in [2.24, 2.45) is 0 Å². The van der Waals surface area contributed by atoms with E-state index in [-0.39, 0.29) is 18.5 Å². The van der Waals surface area contributed by atoms with Crippen molar-refractivity contribution in [2.45, 2.75) is 45.5 Å². The summed E-state index contributed by atoms with van der Waals surface area (Å²) in [6.07, 6.45) is -2.95. The molecule has 0 aromatic carbocycles. The molecule has 0 N–H and O–H groups in total. The van der Waals surface area contributed by atoms with Gasteiger partial charge in [0.25, 0.3) is 0 Å². The summed E-state index contributed by atoms with van der Waals surface area (Å²) in [6, 6.07) is 2.51. The SMILES string of the molecule is Cc1cc([C@H]2CCCN2C(=O)Cn2nc(C(F)(F)F)cc2C)no1. The maximum absolute atomic E-state index is 12.7. The van der Waals surface area contributed by atoms with Gasteiger partial charge in [-0.05, 0) is 32.8 Å². The Morgan fingerprint density at radius 2 is 2.12 bits per heavy atom. The molecule has 0 unspecified atom stereocenters. The zero-order valence-electron chi connectivity index (χ0n) is 13.3. The van der Waals surface area contributed by atoms with Gasteiger partial charge in [0.2, 0.25) is 5.91 Å². The molecule has 2 aromatic heterocycles. The monoisotopic (exact) mass is 342 g/mol. The van der Waals surface area contributed by atoms with E-state index in [0.29, 0.717) is 23.7 Å². The van der Waals surface area contributed by atoms with Crippen LogP contribution in [0.25, 0.3) is 0 Å². The fourth-order valence-corrected chi connectivity index (χ4v) is 2.94. The molecule has 1 fully saturated rings. The molecular weight excluding hydrogens is 325 g/mol. The summed E-state index contributed by atoms with van der Waals surface area (Å²) in [5.74, 6) is 0.375. The first kappa shape index (κ1) is 16.5. The van der Waals surface area contributed by atoms with Crippen molar-refractivity contribution < 1.29 is 22.5 Å². The quantitative estimate of drug-likeness (QED) is 0.860. The molecule has 0 saturated carbocycles. The van der Waals surface area contributed by atoms with Crippen LogP contribution in [0.4, 0.5) is 13.2 Å². The lowest BCUT2D eigenvalue weighted by Gasteiger charge is -2.23. The molecule has 1 aliphatic heterocycles. The molecule has 6 nitrogen and oxygen atoms in total. The number of aromatic nitrogens is 3. The molecule has 130 valence electrons. The van der Waals surface area contributed by atoms with E-state index in [1.54, 1.807) is 17.9 Å². The Balaban J connectivity index is 1.76. The van der Waals surface area contributed by atoms with Gasteiger partial charge in [0.1, 0.15) is 18.0 Å². The van der Waals surface area contributed by atoms with Gasteiger partial charge in [-0.25, -0.2) is 0 Å². The fraction of sp³-hybridized carbons (Fsp3) is 0.533. The molecule has 0 spiro atoms. The Kier molecular flexibility index (Phi) is 4.10. The lowest BCUT2D eigenvalue weighted by atomic mass is 10.1. The van der Waals surface area contributed by atoms with Crippen LogP contribution in [0.2, 0.25) is 0 Å². The summed E-state index contributed by atoms with van der Waals surface area (Å²) in [5, 5.41) is 7.46. The summed E-state index contributed by atoms with van der Waals surface area (Å²) in [6.45, 7) is 3.58. The fourth-order valence-electron chi connectivity index (χ4n) is 2.94. The minimum Gasteiger partial charge on any atom is -0.361 e.